The summed E-state index contributed by atoms with van der Waals surface area (Å²) in [4.78, 5) is 4.70. The van der Waals surface area contributed by atoms with E-state index < -0.39 is 0 Å². The van der Waals surface area contributed by atoms with Crippen molar-refractivity contribution in [3.8, 4) is 11.6 Å². The van der Waals surface area contributed by atoms with Gasteiger partial charge in [-0.05, 0) is 30.7 Å². The molecule has 0 saturated carbocycles. The molecule has 0 fully saturated rings. The molecule has 1 aromatic heterocycles. The normalized spacial score (nSPS) is 11.9. The van der Waals surface area contributed by atoms with Crippen LogP contribution in [0.25, 0.3) is 16.6 Å². The van der Waals surface area contributed by atoms with Crippen LogP contribution in [0, 0.1) is 0 Å². The number of para-hydroxylation sites is 2. The van der Waals surface area contributed by atoms with Crippen LogP contribution in [0.1, 0.15) is 18.1 Å². The zero-order valence-corrected chi connectivity index (χ0v) is 16.7. The van der Waals surface area contributed by atoms with Crippen LogP contribution in [0.5, 0.6) is 5.88 Å². The molecule has 0 aliphatic heterocycles. The Hall–Kier alpha value is -2.75. The first-order chi connectivity index (χ1) is 13.6. The Kier molecular flexibility index (Phi) is 5.12. The average molecular weight is 409 g/mol. The number of hydrogen-bond donors (Lipinski definition) is 1. The summed E-state index contributed by atoms with van der Waals surface area (Å²) in [6.07, 6.45) is 0. The van der Waals surface area contributed by atoms with Gasteiger partial charge in [-0.2, -0.15) is 0 Å². The highest BCUT2D eigenvalue weighted by atomic mass is 35.5. The number of nitrogens with zero attached hydrogens (tertiary/aromatic N) is 2. The van der Waals surface area contributed by atoms with Gasteiger partial charge in [-0.25, -0.2) is 0 Å². The van der Waals surface area contributed by atoms with Gasteiger partial charge < -0.3 is 5.11 Å². The quantitative estimate of drug-likeness (QED) is 0.377. The lowest BCUT2D eigenvalue weighted by molar-refractivity contribution is 0.444. The van der Waals surface area contributed by atoms with Crippen molar-refractivity contribution in [3.63, 3.8) is 0 Å². The SMILES string of the molecule is CC(=NCc1ccccc1)c1c(O)n(-c2c(Cl)cccc2Cl)c2ccccc12. The molecule has 0 radical (unpaired) electrons. The van der Waals surface area contributed by atoms with E-state index in [0.29, 0.717) is 27.8 Å². The lowest BCUT2D eigenvalue weighted by Crippen LogP contribution is -1.98. The first kappa shape index (κ1) is 18.6. The second-order valence-electron chi connectivity index (χ2n) is 6.51. The highest BCUT2D eigenvalue weighted by Crippen LogP contribution is 2.39. The molecule has 140 valence electrons. The molecule has 0 atom stereocenters. The third kappa shape index (κ3) is 3.28. The van der Waals surface area contributed by atoms with Gasteiger partial charge in [0.25, 0.3) is 0 Å². The third-order valence-electron chi connectivity index (χ3n) is 4.71. The van der Waals surface area contributed by atoms with Crippen molar-refractivity contribution in [2.75, 3.05) is 0 Å². The van der Waals surface area contributed by atoms with E-state index >= 15 is 0 Å². The van der Waals surface area contributed by atoms with Gasteiger partial charge in [-0.3, -0.25) is 9.56 Å². The van der Waals surface area contributed by atoms with E-state index in [0.717, 1.165) is 22.2 Å². The number of aromatic nitrogens is 1. The highest BCUT2D eigenvalue weighted by Gasteiger charge is 2.22. The predicted molar refractivity (Wildman–Crippen MR) is 117 cm³/mol. The van der Waals surface area contributed by atoms with Crippen LogP contribution in [0.2, 0.25) is 10.0 Å². The highest BCUT2D eigenvalue weighted by molar-refractivity contribution is 6.38. The van der Waals surface area contributed by atoms with Crippen molar-refractivity contribution < 1.29 is 5.11 Å². The molecule has 5 heteroatoms. The van der Waals surface area contributed by atoms with Crippen LogP contribution in [0.15, 0.2) is 77.8 Å². The van der Waals surface area contributed by atoms with Crippen LogP contribution in [0.3, 0.4) is 0 Å². The van der Waals surface area contributed by atoms with Crippen molar-refractivity contribution >= 4 is 39.8 Å². The first-order valence-electron chi connectivity index (χ1n) is 8.90. The maximum Gasteiger partial charge on any atom is 0.206 e. The van der Waals surface area contributed by atoms with Gasteiger partial charge in [-0.15, -0.1) is 0 Å². The summed E-state index contributed by atoms with van der Waals surface area (Å²) >= 11 is 12.8. The van der Waals surface area contributed by atoms with Crippen LogP contribution in [-0.4, -0.2) is 15.4 Å². The molecule has 1 N–H and O–H groups in total. The fourth-order valence-corrected chi connectivity index (χ4v) is 3.95. The zero-order chi connectivity index (χ0) is 19.7. The van der Waals surface area contributed by atoms with E-state index in [2.05, 4.69) is 0 Å². The van der Waals surface area contributed by atoms with E-state index in [9.17, 15) is 5.11 Å². The van der Waals surface area contributed by atoms with Crippen molar-refractivity contribution in [1.29, 1.82) is 0 Å². The molecule has 0 unspecified atom stereocenters. The Morgan fingerprint density at radius 2 is 1.54 bits per heavy atom. The maximum absolute atomic E-state index is 11.1. The number of rotatable bonds is 4. The summed E-state index contributed by atoms with van der Waals surface area (Å²) in [5.41, 5.74) is 3.92. The minimum atomic E-state index is 0.0745. The van der Waals surface area contributed by atoms with E-state index in [1.807, 2.05) is 61.5 Å². The summed E-state index contributed by atoms with van der Waals surface area (Å²) in [7, 11) is 0. The Morgan fingerprint density at radius 1 is 0.893 bits per heavy atom. The van der Waals surface area contributed by atoms with Gasteiger partial charge in [-0.1, -0.05) is 77.8 Å². The number of halogens is 2. The Morgan fingerprint density at radius 3 is 2.25 bits per heavy atom. The summed E-state index contributed by atoms with van der Waals surface area (Å²) in [6, 6.07) is 23.1. The maximum atomic E-state index is 11.1. The smallest absolute Gasteiger partial charge is 0.206 e. The van der Waals surface area contributed by atoms with Gasteiger partial charge in [0.1, 0.15) is 0 Å². The van der Waals surface area contributed by atoms with Gasteiger partial charge in [0.05, 0.1) is 33.4 Å². The molecule has 0 saturated heterocycles. The number of aliphatic imine (C=N–C) groups is 1. The minimum Gasteiger partial charge on any atom is -0.494 e. The molecule has 0 aliphatic rings. The van der Waals surface area contributed by atoms with E-state index in [1.54, 1.807) is 22.8 Å². The lowest BCUT2D eigenvalue weighted by Gasteiger charge is -2.11. The van der Waals surface area contributed by atoms with E-state index in [-0.39, 0.29) is 5.88 Å². The summed E-state index contributed by atoms with van der Waals surface area (Å²) in [5, 5.41) is 13.0. The molecule has 4 aromatic rings. The van der Waals surface area contributed by atoms with Gasteiger partial charge in [0, 0.05) is 11.1 Å². The van der Waals surface area contributed by atoms with Gasteiger partial charge >= 0.3 is 0 Å². The molecule has 0 bridgehead atoms. The summed E-state index contributed by atoms with van der Waals surface area (Å²) in [5.74, 6) is 0.0745. The van der Waals surface area contributed by atoms with Crippen LogP contribution in [-0.2, 0) is 6.54 Å². The average Bonchev–Trinajstić information content (AvgIpc) is 2.99. The summed E-state index contributed by atoms with van der Waals surface area (Å²) < 4.78 is 1.69. The topological polar surface area (TPSA) is 37.5 Å². The van der Waals surface area contributed by atoms with Crippen LogP contribution < -0.4 is 0 Å². The van der Waals surface area contributed by atoms with E-state index in [4.69, 9.17) is 28.2 Å². The van der Waals surface area contributed by atoms with Crippen LogP contribution in [0.4, 0.5) is 0 Å². The molecule has 0 amide bonds. The predicted octanol–water partition coefficient (Wildman–Crippen LogP) is 6.65. The van der Waals surface area contributed by atoms with E-state index in [1.165, 1.54) is 0 Å². The first-order valence-corrected chi connectivity index (χ1v) is 9.65. The van der Waals surface area contributed by atoms with Crippen molar-refractivity contribution in [3.05, 3.63) is 94.0 Å². The molecule has 3 nitrogen and oxygen atoms in total. The van der Waals surface area contributed by atoms with Gasteiger partial charge in [0.15, 0.2) is 0 Å². The fraction of sp³-hybridized carbons (Fsp3) is 0.0870. The summed E-state index contributed by atoms with van der Waals surface area (Å²) in [6.45, 7) is 2.45. The largest absolute Gasteiger partial charge is 0.494 e. The number of benzene rings is 3. The molecule has 0 spiro atoms. The number of aromatic hydroxyl groups is 1. The fourth-order valence-electron chi connectivity index (χ4n) is 3.38. The van der Waals surface area contributed by atoms with Crippen molar-refractivity contribution in [2.45, 2.75) is 13.5 Å². The van der Waals surface area contributed by atoms with Crippen LogP contribution >= 0.6 is 23.2 Å². The zero-order valence-electron chi connectivity index (χ0n) is 15.2. The molecule has 4 rings (SSSR count). The van der Waals surface area contributed by atoms with Crippen molar-refractivity contribution in [1.82, 2.24) is 4.57 Å². The molecular formula is C23H18Cl2N2O. The Balaban J connectivity index is 1.90. The van der Waals surface area contributed by atoms with Crippen molar-refractivity contribution in [2.24, 2.45) is 4.99 Å². The molecule has 28 heavy (non-hydrogen) atoms. The van der Waals surface area contributed by atoms with Gasteiger partial charge in [0.2, 0.25) is 5.88 Å². The molecule has 1 heterocycles. The second-order valence-corrected chi connectivity index (χ2v) is 7.32. The minimum absolute atomic E-state index is 0.0745. The molecule has 0 aliphatic carbocycles. The third-order valence-corrected chi connectivity index (χ3v) is 5.32. The Labute approximate surface area is 173 Å². The Bertz CT molecular complexity index is 1160. The molecule has 3 aromatic carbocycles. The molecular weight excluding hydrogens is 391 g/mol. The monoisotopic (exact) mass is 408 g/mol. The standard InChI is InChI=1S/C23H18Cl2N2O/c1-15(26-14-16-8-3-2-4-9-16)21-17-10-5-6-13-20(17)27(23(21)28)22-18(24)11-7-12-19(22)25/h2-13,28H,14H2,1H3. The lowest BCUT2D eigenvalue weighted by atomic mass is 10.1. The number of hydrogen-bond acceptors (Lipinski definition) is 2. The number of fused-ring (bicyclic) bond motifs is 1. The second kappa shape index (κ2) is 7.70.